The number of hydrogen-bond donors (Lipinski definition) is 2. The van der Waals surface area contributed by atoms with Gasteiger partial charge in [0.05, 0.1) is 28.2 Å². The molecule has 0 spiro atoms. The van der Waals surface area contributed by atoms with Crippen LogP contribution in [0.5, 0.6) is 0 Å². The fourth-order valence-corrected chi connectivity index (χ4v) is 3.52. The highest BCUT2D eigenvalue weighted by Gasteiger charge is 2.24. The normalized spacial score (nSPS) is 11.8. The number of nitrogens with zero attached hydrogens (tertiary/aromatic N) is 5. The van der Waals surface area contributed by atoms with Gasteiger partial charge in [0, 0.05) is 0 Å². The number of aromatic nitrogens is 4. The first-order valence-corrected chi connectivity index (χ1v) is 9.64. The summed E-state index contributed by atoms with van der Waals surface area (Å²) in [6, 6.07) is 8.98. The van der Waals surface area contributed by atoms with Crippen molar-refractivity contribution in [2.75, 3.05) is 11.1 Å². The standard InChI is InChI=1S/C21H14ClF2N7O/c1-10(28-18-11(8-25)9-27-21(26)30-18)19-29-15-7-2-4-12(22)16(15)20(32)31(19)17-13(23)5-3-6-14(17)24/h2-7,9-10H,1H3,(H3,26,27,28,30). The van der Waals surface area contributed by atoms with Gasteiger partial charge >= 0.3 is 0 Å². The Hall–Kier alpha value is -4.10. The number of hydrogen-bond acceptors (Lipinski definition) is 7. The molecule has 0 saturated heterocycles. The Kier molecular flexibility index (Phi) is 5.42. The zero-order valence-electron chi connectivity index (χ0n) is 16.5. The third kappa shape index (κ3) is 3.59. The number of anilines is 2. The molecule has 0 saturated carbocycles. The van der Waals surface area contributed by atoms with Gasteiger partial charge in [-0.2, -0.15) is 10.2 Å². The van der Waals surface area contributed by atoms with Crippen LogP contribution in [-0.2, 0) is 0 Å². The van der Waals surface area contributed by atoms with Crippen molar-refractivity contribution in [3.05, 3.63) is 81.0 Å². The summed E-state index contributed by atoms with van der Waals surface area (Å²) in [6.07, 6.45) is 1.23. The number of nitriles is 1. The summed E-state index contributed by atoms with van der Waals surface area (Å²) in [5, 5.41) is 12.3. The molecule has 4 aromatic rings. The Morgan fingerprint density at radius 1 is 1.19 bits per heavy atom. The third-order valence-electron chi connectivity index (χ3n) is 4.70. The molecule has 0 aliphatic rings. The second kappa shape index (κ2) is 8.20. The lowest BCUT2D eigenvalue weighted by atomic mass is 10.2. The minimum Gasteiger partial charge on any atom is -0.368 e. The first kappa shape index (κ1) is 21.1. The van der Waals surface area contributed by atoms with Crippen LogP contribution in [0.4, 0.5) is 20.5 Å². The quantitative estimate of drug-likeness (QED) is 0.482. The van der Waals surface area contributed by atoms with Gasteiger partial charge in [-0.05, 0) is 31.2 Å². The van der Waals surface area contributed by atoms with Crippen LogP contribution in [0.3, 0.4) is 0 Å². The maximum atomic E-state index is 14.7. The zero-order chi connectivity index (χ0) is 23.0. The predicted molar refractivity (Wildman–Crippen MR) is 115 cm³/mol. The van der Waals surface area contributed by atoms with Gasteiger partial charge in [-0.25, -0.2) is 18.7 Å². The van der Waals surface area contributed by atoms with Crippen LogP contribution in [0.25, 0.3) is 16.6 Å². The highest BCUT2D eigenvalue weighted by atomic mass is 35.5. The van der Waals surface area contributed by atoms with Gasteiger partial charge in [0.1, 0.15) is 40.6 Å². The maximum Gasteiger partial charge on any atom is 0.267 e. The van der Waals surface area contributed by atoms with Crippen LogP contribution in [0.1, 0.15) is 24.4 Å². The number of halogens is 3. The minimum atomic E-state index is -0.960. The second-order valence-electron chi connectivity index (χ2n) is 6.78. The van der Waals surface area contributed by atoms with E-state index in [-0.39, 0.29) is 39.1 Å². The van der Waals surface area contributed by atoms with Crippen LogP contribution in [0.2, 0.25) is 5.02 Å². The molecule has 0 bridgehead atoms. The molecule has 3 N–H and O–H groups in total. The molecule has 2 aromatic heterocycles. The van der Waals surface area contributed by atoms with E-state index in [1.807, 2.05) is 6.07 Å². The molecule has 32 heavy (non-hydrogen) atoms. The molecule has 8 nitrogen and oxygen atoms in total. The van der Waals surface area contributed by atoms with Gasteiger partial charge in [-0.15, -0.1) is 0 Å². The topological polar surface area (TPSA) is 123 Å². The smallest absolute Gasteiger partial charge is 0.267 e. The predicted octanol–water partition coefficient (Wildman–Crippen LogP) is 3.73. The largest absolute Gasteiger partial charge is 0.368 e. The van der Waals surface area contributed by atoms with Crippen molar-refractivity contribution in [3.63, 3.8) is 0 Å². The second-order valence-corrected chi connectivity index (χ2v) is 7.19. The SMILES string of the molecule is CC(Nc1nc(N)ncc1C#N)c1nc2cccc(Cl)c2c(=O)n1-c1c(F)cccc1F. The van der Waals surface area contributed by atoms with E-state index in [0.29, 0.717) is 0 Å². The summed E-state index contributed by atoms with van der Waals surface area (Å²) in [4.78, 5) is 25.6. The molecular formula is C21H14ClF2N7O. The molecule has 11 heteroatoms. The Bertz CT molecular complexity index is 1450. The van der Waals surface area contributed by atoms with E-state index in [0.717, 1.165) is 16.7 Å². The molecule has 0 aliphatic carbocycles. The van der Waals surface area contributed by atoms with Gasteiger partial charge < -0.3 is 11.1 Å². The van der Waals surface area contributed by atoms with Crippen molar-refractivity contribution >= 4 is 34.3 Å². The van der Waals surface area contributed by atoms with Crippen molar-refractivity contribution in [2.45, 2.75) is 13.0 Å². The van der Waals surface area contributed by atoms with Crippen LogP contribution in [0, 0.1) is 23.0 Å². The molecule has 160 valence electrons. The van der Waals surface area contributed by atoms with Crippen LogP contribution in [0.15, 0.2) is 47.4 Å². The highest BCUT2D eigenvalue weighted by molar-refractivity contribution is 6.35. The van der Waals surface area contributed by atoms with Crippen molar-refractivity contribution in [2.24, 2.45) is 0 Å². The van der Waals surface area contributed by atoms with Gasteiger partial charge in [-0.1, -0.05) is 23.7 Å². The fraction of sp³-hybridized carbons (Fsp3) is 0.0952. The van der Waals surface area contributed by atoms with E-state index < -0.39 is 28.9 Å². The summed E-state index contributed by atoms with van der Waals surface area (Å²) in [7, 11) is 0. The molecule has 0 aliphatic heterocycles. The fourth-order valence-electron chi connectivity index (χ4n) is 3.27. The lowest BCUT2D eigenvalue weighted by Crippen LogP contribution is -2.29. The van der Waals surface area contributed by atoms with Gasteiger partial charge in [0.2, 0.25) is 5.95 Å². The van der Waals surface area contributed by atoms with Gasteiger partial charge in [0.15, 0.2) is 0 Å². The maximum absolute atomic E-state index is 14.7. The molecule has 2 heterocycles. The molecule has 2 aromatic carbocycles. The molecular weight excluding hydrogens is 440 g/mol. The van der Waals surface area contributed by atoms with Crippen LogP contribution < -0.4 is 16.6 Å². The number of para-hydroxylation sites is 1. The zero-order valence-corrected chi connectivity index (χ0v) is 17.2. The van der Waals surface area contributed by atoms with E-state index >= 15 is 0 Å². The van der Waals surface area contributed by atoms with E-state index in [2.05, 4.69) is 20.3 Å². The average Bonchev–Trinajstić information content (AvgIpc) is 2.75. The summed E-state index contributed by atoms with van der Waals surface area (Å²) in [5.74, 6) is -1.96. The van der Waals surface area contributed by atoms with E-state index in [1.54, 1.807) is 19.1 Å². The molecule has 4 rings (SSSR count). The monoisotopic (exact) mass is 453 g/mol. The molecule has 0 amide bonds. The van der Waals surface area contributed by atoms with E-state index in [4.69, 9.17) is 17.3 Å². The summed E-state index contributed by atoms with van der Waals surface area (Å²) >= 11 is 6.20. The summed E-state index contributed by atoms with van der Waals surface area (Å²) in [5.41, 5.74) is 4.59. The lowest BCUT2D eigenvalue weighted by molar-refractivity contribution is 0.558. The lowest BCUT2D eigenvalue weighted by Gasteiger charge is -2.21. The third-order valence-corrected chi connectivity index (χ3v) is 5.02. The minimum absolute atomic E-state index is 0.0109. The summed E-state index contributed by atoms with van der Waals surface area (Å²) in [6.45, 7) is 1.59. The van der Waals surface area contributed by atoms with Crippen LogP contribution >= 0.6 is 11.6 Å². The Labute approximate surface area is 184 Å². The van der Waals surface area contributed by atoms with Crippen molar-refractivity contribution in [1.82, 2.24) is 19.5 Å². The summed E-state index contributed by atoms with van der Waals surface area (Å²) < 4.78 is 30.2. The molecule has 1 unspecified atom stereocenters. The van der Waals surface area contributed by atoms with E-state index in [1.165, 1.54) is 18.3 Å². The highest BCUT2D eigenvalue weighted by Crippen LogP contribution is 2.27. The number of nitrogen functional groups attached to an aromatic ring is 1. The van der Waals surface area contributed by atoms with Gasteiger partial charge in [0.25, 0.3) is 5.56 Å². The first-order valence-electron chi connectivity index (χ1n) is 9.26. The molecule has 1 atom stereocenters. The number of nitrogens with two attached hydrogens (primary N) is 1. The number of nitrogens with one attached hydrogen (secondary N) is 1. The Morgan fingerprint density at radius 3 is 2.56 bits per heavy atom. The molecule has 0 radical (unpaired) electrons. The Balaban J connectivity index is 2.00. The molecule has 0 fully saturated rings. The van der Waals surface area contributed by atoms with E-state index in [9.17, 15) is 18.8 Å². The Morgan fingerprint density at radius 2 is 1.88 bits per heavy atom. The number of fused-ring (bicyclic) bond motifs is 1. The van der Waals surface area contributed by atoms with Crippen molar-refractivity contribution in [3.8, 4) is 11.8 Å². The number of benzene rings is 2. The average molecular weight is 454 g/mol. The van der Waals surface area contributed by atoms with Crippen molar-refractivity contribution in [1.29, 1.82) is 5.26 Å². The van der Waals surface area contributed by atoms with Gasteiger partial charge in [-0.3, -0.25) is 9.36 Å². The first-order chi connectivity index (χ1) is 15.3. The van der Waals surface area contributed by atoms with Crippen LogP contribution in [-0.4, -0.2) is 19.5 Å². The number of rotatable bonds is 4. The van der Waals surface area contributed by atoms with Crippen molar-refractivity contribution < 1.29 is 8.78 Å².